The van der Waals surface area contributed by atoms with Gasteiger partial charge in [-0.3, -0.25) is 0 Å². The SMILES string of the molecule is CC1(C)c2ccc(-c3ccc4cccc(-c5ccc6ccc7cccc8ccc5c6c78)c4c3)cc2-c2cccc3cccc1c23. The summed E-state index contributed by atoms with van der Waals surface area (Å²) in [5, 5.41) is 13.2. The van der Waals surface area contributed by atoms with Crippen molar-refractivity contribution in [3.63, 3.8) is 0 Å². The first-order valence-corrected chi connectivity index (χ1v) is 15.9. The molecule has 0 aromatic heterocycles. The molecule has 0 unspecified atom stereocenters. The highest BCUT2D eigenvalue weighted by atomic mass is 14.4. The topological polar surface area (TPSA) is 0 Å². The summed E-state index contributed by atoms with van der Waals surface area (Å²) in [5.41, 5.74) is 10.5. The van der Waals surface area contributed by atoms with E-state index in [4.69, 9.17) is 0 Å². The van der Waals surface area contributed by atoms with Crippen LogP contribution in [-0.2, 0) is 5.41 Å². The number of hydrogen-bond acceptors (Lipinski definition) is 0. The lowest BCUT2D eigenvalue weighted by Gasteiger charge is -2.35. The quantitative estimate of drug-likeness (QED) is 0.181. The molecular formula is C45H30. The van der Waals surface area contributed by atoms with Crippen molar-refractivity contribution in [2.45, 2.75) is 19.3 Å². The van der Waals surface area contributed by atoms with Crippen LogP contribution in [-0.4, -0.2) is 0 Å². The molecule has 1 aliphatic carbocycles. The van der Waals surface area contributed by atoms with Gasteiger partial charge >= 0.3 is 0 Å². The summed E-state index contributed by atoms with van der Waals surface area (Å²) >= 11 is 0. The van der Waals surface area contributed by atoms with Gasteiger partial charge in [-0.1, -0.05) is 147 Å². The van der Waals surface area contributed by atoms with Crippen molar-refractivity contribution in [3.8, 4) is 33.4 Å². The molecule has 10 rings (SSSR count). The van der Waals surface area contributed by atoms with Gasteiger partial charge in [0.2, 0.25) is 0 Å². The zero-order chi connectivity index (χ0) is 29.9. The first-order chi connectivity index (χ1) is 22.1. The van der Waals surface area contributed by atoms with Crippen molar-refractivity contribution in [1.82, 2.24) is 0 Å². The van der Waals surface area contributed by atoms with E-state index in [-0.39, 0.29) is 5.41 Å². The van der Waals surface area contributed by atoms with Crippen molar-refractivity contribution in [1.29, 1.82) is 0 Å². The normalized spacial score (nSPS) is 13.7. The molecule has 9 aromatic carbocycles. The summed E-state index contributed by atoms with van der Waals surface area (Å²) in [6.45, 7) is 4.74. The second-order valence-corrected chi connectivity index (χ2v) is 13.3. The molecular weight excluding hydrogens is 540 g/mol. The van der Waals surface area contributed by atoms with Crippen LogP contribution in [0.2, 0.25) is 0 Å². The Bertz CT molecular complexity index is 2650. The molecule has 0 saturated heterocycles. The molecule has 0 atom stereocenters. The molecule has 0 nitrogen and oxygen atoms in total. The fourth-order valence-electron chi connectivity index (χ4n) is 8.38. The van der Waals surface area contributed by atoms with Crippen LogP contribution >= 0.6 is 0 Å². The highest BCUT2D eigenvalue weighted by Gasteiger charge is 2.33. The lowest BCUT2D eigenvalue weighted by molar-refractivity contribution is 0.645. The van der Waals surface area contributed by atoms with Gasteiger partial charge in [0.25, 0.3) is 0 Å². The first kappa shape index (κ1) is 24.9. The van der Waals surface area contributed by atoms with Crippen molar-refractivity contribution in [3.05, 3.63) is 157 Å². The molecule has 1 aliphatic rings. The highest BCUT2D eigenvalue weighted by molar-refractivity contribution is 6.26. The standard InChI is InChI=1S/C45H30/c1-45(2)40-24-21-33(26-39(40)36-13-5-10-28-11-6-14-41(45)43(28)36)32-18-15-27-7-4-12-34(38(27)25-32)35-22-19-31-17-16-29-8-3-9-30-20-23-37(35)44(31)42(29)30/h3-26H,1-2H3. The zero-order valence-corrected chi connectivity index (χ0v) is 25.4. The third-order valence-electron chi connectivity index (χ3n) is 10.6. The van der Waals surface area contributed by atoms with E-state index in [0.29, 0.717) is 0 Å². The molecule has 45 heavy (non-hydrogen) atoms. The predicted octanol–water partition coefficient (Wildman–Crippen LogP) is 12.5. The lowest BCUT2D eigenvalue weighted by Crippen LogP contribution is -2.23. The van der Waals surface area contributed by atoms with E-state index in [9.17, 15) is 0 Å². The summed E-state index contributed by atoms with van der Waals surface area (Å²) in [6, 6.07) is 54.8. The molecule has 210 valence electrons. The first-order valence-electron chi connectivity index (χ1n) is 15.9. The van der Waals surface area contributed by atoms with Crippen molar-refractivity contribution in [2.24, 2.45) is 0 Å². The Hall–Kier alpha value is -5.46. The van der Waals surface area contributed by atoms with E-state index in [1.165, 1.54) is 98.4 Å². The van der Waals surface area contributed by atoms with Gasteiger partial charge in [0.05, 0.1) is 0 Å². The summed E-state index contributed by atoms with van der Waals surface area (Å²) in [5.74, 6) is 0. The van der Waals surface area contributed by atoms with Crippen molar-refractivity contribution in [2.75, 3.05) is 0 Å². The fraction of sp³-hybridized carbons (Fsp3) is 0.0667. The lowest BCUT2D eigenvalue weighted by atomic mass is 9.68. The van der Waals surface area contributed by atoms with Crippen LogP contribution < -0.4 is 0 Å². The van der Waals surface area contributed by atoms with Gasteiger partial charge in [0.1, 0.15) is 0 Å². The summed E-state index contributed by atoms with van der Waals surface area (Å²) in [7, 11) is 0. The minimum absolute atomic E-state index is 0.0622. The molecule has 0 heterocycles. The maximum Gasteiger partial charge on any atom is 0.0159 e. The minimum Gasteiger partial charge on any atom is -0.0613 e. The maximum atomic E-state index is 2.43. The molecule has 0 saturated carbocycles. The number of rotatable bonds is 2. The third kappa shape index (κ3) is 3.37. The molecule has 0 amide bonds. The van der Waals surface area contributed by atoms with Crippen LogP contribution in [0.15, 0.2) is 146 Å². The smallest absolute Gasteiger partial charge is 0.0159 e. The Morgan fingerprint density at radius 2 is 0.889 bits per heavy atom. The average molecular weight is 571 g/mol. The van der Waals surface area contributed by atoms with Crippen LogP contribution in [0.25, 0.3) is 87.2 Å². The van der Waals surface area contributed by atoms with Gasteiger partial charge in [-0.15, -0.1) is 0 Å². The van der Waals surface area contributed by atoms with E-state index in [0.717, 1.165) is 0 Å². The molecule has 0 fully saturated rings. The van der Waals surface area contributed by atoms with Gasteiger partial charge in [0, 0.05) is 5.41 Å². The van der Waals surface area contributed by atoms with Gasteiger partial charge in [-0.2, -0.15) is 0 Å². The van der Waals surface area contributed by atoms with E-state index in [2.05, 4.69) is 159 Å². The summed E-state index contributed by atoms with van der Waals surface area (Å²) in [6.07, 6.45) is 0. The highest BCUT2D eigenvalue weighted by Crippen LogP contribution is 2.49. The van der Waals surface area contributed by atoms with Crippen LogP contribution in [0.3, 0.4) is 0 Å². The fourth-order valence-corrected chi connectivity index (χ4v) is 8.38. The van der Waals surface area contributed by atoms with Gasteiger partial charge < -0.3 is 0 Å². The number of hydrogen-bond donors (Lipinski definition) is 0. The molecule has 0 bridgehead atoms. The predicted molar refractivity (Wildman–Crippen MR) is 194 cm³/mol. The summed E-state index contributed by atoms with van der Waals surface area (Å²) < 4.78 is 0. The van der Waals surface area contributed by atoms with Crippen molar-refractivity contribution >= 4 is 53.9 Å². The van der Waals surface area contributed by atoms with Gasteiger partial charge in [-0.25, -0.2) is 0 Å². The third-order valence-corrected chi connectivity index (χ3v) is 10.6. The van der Waals surface area contributed by atoms with Crippen LogP contribution in [0, 0.1) is 0 Å². The molecule has 0 radical (unpaired) electrons. The molecule has 0 heteroatoms. The summed E-state index contributed by atoms with van der Waals surface area (Å²) in [4.78, 5) is 0. The van der Waals surface area contributed by atoms with Crippen LogP contribution in [0.5, 0.6) is 0 Å². The Labute approximate surface area is 262 Å². The van der Waals surface area contributed by atoms with Gasteiger partial charge in [0.15, 0.2) is 0 Å². The Morgan fingerprint density at radius 3 is 1.71 bits per heavy atom. The Balaban J connectivity index is 1.19. The zero-order valence-electron chi connectivity index (χ0n) is 25.4. The molecule has 9 aromatic rings. The average Bonchev–Trinajstić information content (AvgIpc) is 3.09. The van der Waals surface area contributed by atoms with E-state index in [1.807, 2.05) is 0 Å². The van der Waals surface area contributed by atoms with Crippen LogP contribution in [0.4, 0.5) is 0 Å². The van der Waals surface area contributed by atoms with Gasteiger partial charge in [-0.05, 0) is 111 Å². The minimum atomic E-state index is -0.0622. The van der Waals surface area contributed by atoms with E-state index >= 15 is 0 Å². The maximum absolute atomic E-state index is 2.43. The largest absolute Gasteiger partial charge is 0.0613 e. The van der Waals surface area contributed by atoms with Crippen molar-refractivity contribution < 1.29 is 0 Å². The molecule has 0 aliphatic heterocycles. The molecule has 0 N–H and O–H groups in total. The second kappa shape index (κ2) is 8.80. The second-order valence-electron chi connectivity index (χ2n) is 13.3. The van der Waals surface area contributed by atoms with Crippen LogP contribution in [0.1, 0.15) is 25.0 Å². The van der Waals surface area contributed by atoms with E-state index in [1.54, 1.807) is 0 Å². The Morgan fingerprint density at radius 1 is 0.333 bits per heavy atom. The molecule has 0 spiro atoms. The number of fused-ring (bicyclic) bond motifs is 3. The monoisotopic (exact) mass is 570 g/mol. The number of benzene rings is 9. The Kier molecular flexibility index (Phi) is 4.88. The van der Waals surface area contributed by atoms with E-state index < -0.39 is 0 Å².